The number of halogens is 2. The van der Waals surface area contributed by atoms with Gasteiger partial charge in [0.1, 0.15) is 5.82 Å². The fourth-order valence-corrected chi connectivity index (χ4v) is 3.00. The number of pyridine rings is 1. The molecule has 0 aliphatic carbocycles. The first-order valence-corrected chi connectivity index (χ1v) is 8.53. The highest BCUT2D eigenvalue weighted by Crippen LogP contribution is 2.21. The Kier molecular flexibility index (Phi) is 5.79. The molecule has 3 rings (SSSR count). The fourth-order valence-electron chi connectivity index (χ4n) is 2.78. The minimum atomic E-state index is -0.287. The molecule has 1 aromatic carbocycles. The summed E-state index contributed by atoms with van der Waals surface area (Å²) in [7, 11) is 0. The van der Waals surface area contributed by atoms with Gasteiger partial charge >= 0.3 is 0 Å². The Morgan fingerprint density at radius 3 is 2.68 bits per heavy atom. The molecule has 25 heavy (non-hydrogen) atoms. The van der Waals surface area contributed by atoms with Crippen molar-refractivity contribution in [2.24, 2.45) is 0 Å². The highest BCUT2D eigenvalue weighted by Gasteiger charge is 2.21. The number of benzene rings is 1. The van der Waals surface area contributed by atoms with Crippen LogP contribution in [0.4, 0.5) is 4.39 Å². The Morgan fingerprint density at radius 2 is 2.00 bits per heavy atom. The number of hydrogen-bond donors (Lipinski definition) is 0. The second-order valence-corrected chi connectivity index (χ2v) is 6.33. The Balaban J connectivity index is 1.53. The second kappa shape index (κ2) is 8.23. The van der Waals surface area contributed by atoms with E-state index in [1.165, 1.54) is 6.07 Å². The predicted molar refractivity (Wildman–Crippen MR) is 96.5 cm³/mol. The van der Waals surface area contributed by atoms with E-state index in [9.17, 15) is 9.18 Å². The molecule has 1 aromatic heterocycles. The first-order valence-electron chi connectivity index (χ1n) is 8.16. The van der Waals surface area contributed by atoms with Crippen molar-refractivity contribution < 1.29 is 9.18 Å². The SMILES string of the molecule is O=C(/C=C/c1cccnc1)N1CCN(Cc2c(F)cccc2Cl)CC1. The van der Waals surface area contributed by atoms with Gasteiger partial charge in [-0.3, -0.25) is 14.7 Å². The number of hydrogen-bond acceptors (Lipinski definition) is 3. The van der Waals surface area contributed by atoms with Crippen LogP contribution in [0.5, 0.6) is 0 Å². The average molecular weight is 360 g/mol. The quantitative estimate of drug-likeness (QED) is 0.786. The lowest BCUT2D eigenvalue weighted by molar-refractivity contribution is -0.127. The van der Waals surface area contributed by atoms with E-state index in [2.05, 4.69) is 9.88 Å². The molecular weight excluding hydrogens is 341 g/mol. The third kappa shape index (κ3) is 4.65. The molecule has 0 N–H and O–H groups in total. The van der Waals surface area contributed by atoms with Crippen LogP contribution in [0.3, 0.4) is 0 Å². The van der Waals surface area contributed by atoms with Gasteiger partial charge in [-0.15, -0.1) is 0 Å². The molecule has 1 aliphatic heterocycles. The van der Waals surface area contributed by atoms with Gasteiger partial charge in [0.05, 0.1) is 0 Å². The maximum absolute atomic E-state index is 13.9. The Bertz CT molecular complexity index is 738. The van der Waals surface area contributed by atoms with Gasteiger partial charge in [0.25, 0.3) is 0 Å². The second-order valence-electron chi connectivity index (χ2n) is 5.92. The smallest absolute Gasteiger partial charge is 0.246 e. The highest BCUT2D eigenvalue weighted by atomic mass is 35.5. The van der Waals surface area contributed by atoms with Gasteiger partial charge < -0.3 is 4.90 Å². The van der Waals surface area contributed by atoms with Gasteiger partial charge in [0.2, 0.25) is 5.91 Å². The van der Waals surface area contributed by atoms with Crippen LogP contribution in [0.1, 0.15) is 11.1 Å². The number of nitrogens with zero attached hydrogens (tertiary/aromatic N) is 3. The molecule has 1 aliphatic rings. The summed E-state index contributed by atoms with van der Waals surface area (Å²) < 4.78 is 13.9. The van der Waals surface area contributed by atoms with E-state index in [4.69, 9.17) is 11.6 Å². The molecule has 0 unspecified atom stereocenters. The summed E-state index contributed by atoms with van der Waals surface area (Å²) in [6.07, 6.45) is 6.74. The Labute approximate surface area is 151 Å². The maximum atomic E-state index is 13.9. The van der Waals surface area contributed by atoms with Crippen LogP contribution in [0.25, 0.3) is 6.08 Å². The average Bonchev–Trinajstić information content (AvgIpc) is 2.64. The minimum Gasteiger partial charge on any atom is -0.337 e. The van der Waals surface area contributed by atoms with Crippen LogP contribution in [0.2, 0.25) is 5.02 Å². The van der Waals surface area contributed by atoms with Crippen LogP contribution in [-0.2, 0) is 11.3 Å². The molecule has 2 aromatic rings. The van der Waals surface area contributed by atoms with Crippen molar-refractivity contribution in [2.45, 2.75) is 6.54 Å². The van der Waals surface area contributed by atoms with Gasteiger partial charge in [-0.05, 0) is 29.8 Å². The molecule has 0 bridgehead atoms. The summed E-state index contributed by atoms with van der Waals surface area (Å²) in [5.41, 5.74) is 1.41. The van der Waals surface area contributed by atoms with E-state index in [-0.39, 0.29) is 11.7 Å². The lowest BCUT2D eigenvalue weighted by Crippen LogP contribution is -2.47. The van der Waals surface area contributed by atoms with Crippen LogP contribution < -0.4 is 0 Å². The largest absolute Gasteiger partial charge is 0.337 e. The first-order chi connectivity index (χ1) is 12.1. The van der Waals surface area contributed by atoms with Gasteiger partial charge in [0.15, 0.2) is 0 Å². The van der Waals surface area contributed by atoms with E-state index in [1.807, 2.05) is 12.1 Å². The van der Waals surface area contributed by atoms with E-state index >= 15 is 0 Å². The minimum absolute atomic E-state index is 0.0209. The van der Waals surface area contributed by atoms with E-state index in [0.29, 0.717) is 43.3 Å². The molecule has 1 saturated heterocycles. The summed E-state index contributed by atoms with van der Waals surface area (Å²) in [6, 6.07) is 8.45. The summed E-state index contributed by atoms with van der Waals surface area (Å²) in [4.78, 5) is 20.2. The van der Waals surface area contributed by atoms with Crippen molar-refractivity contribution in [2.75, 3.05) is 26.2 Å². The predicted octanol–water partition coefficient (Wildman–Crippen LogP) is 3.23. The Hall–Kier alpha value is -2.24. The van der Waals surface area contributed by atoms with Crippen molar-refractivity contribution in [1.29, 1.82) is 0 Å². The molecular formula is C19H19ClFN3O. The number of aromatic nitrogens is 1. The molecule has 1 amide bonds. The first kappa shape index (κ1) is 17.6. The van der Waals surface area contributed by atoms with Gasteiger partial charge in [-0.1, -0.05) is 23.7 Å². The molecule has 0 radical (unpaired) electrons. The zero-order chi connectivity index (χ0) is 17.6. The summed E-state index contributed by atoms with van der Waals surface area (Å²) in [6.45, 7) is 3.07. The van der Waals surface area contributed by atoms with E-state index < -0.39 is 0 Å². The normalized spacial score (nSPS) is 15.7. The molecule has 0 spiro atoms. The van der Waals surface area contributed by atoms with Gasteiger partial charge in [-0.2, -0.15) is 0 Å². The standard InChI is InChI=1S/C19H19ClFN3O/c20-17-4-1-5-18(21)16(17)14-23-9-11-24(12-10-23)19(25)7-6-15-3-2-8-22-13-15/h1-8,13H,9-12,14H2/b7-6+. The third-order valence-electron chi connectivity index (χ3n) is 4.23. The zero-order valence-electron chi connectivity index (χ0n) is 13.7. The van der Waals surface area contributed by atoms with Gasteiger partial charge in [0, 0.05) is 61.8 Å². The van der Waals surface area contributed by atoms with E-state index in [0.717, 1.165) is 5.56 Å². The number of amides is 1. The third-order valence-corrected chi connectivity index (χ3v) is 4.58. The van der Waals surface area contributed by atoms with Crippen LogP contribution in [-0.4, -0.2) is 46.9 Å². The molecule has 0 saturated carbocycles. The van der Waals surface area contributed by atoms with Crippen molar-refractivity contribution in [1.82, 2.24) is 14.8 Å². The van der Waals surface area contributed by atoms with Gasteiger partial charge in [-0.25, -0.2) is 4.39 Å². The van der Waals surface area contributed by atoms with E-state index in [1.54, 1.807) is 41.6 Å². The molecule has 130 valence electrons. The number of piperazine rings is 1. The monoisotopic (exact) mass is 359 g/mol. The Morgan fingerprint density at radius 1 is 1.20 bits per heavy atom. The number of rotatable bonds is 4. The van der Waals surface area contributed by atoms with Crippen LogP contribution >= 0.6 is 11.6 Å². The zero-order valence-corrected chi connectivity index (χ0v) is 14.5. The lowest BCUT2D eigenvalue weighted by Gasteiger charge is -2.34. The maximum Gasteiger partial charge on any atom is 0.246 e. The molecule has 4 nitrogen and oxygen atoms in total. The molecule has 0 atom stereocenters. The van der Waals surface area contributed by atoms with Crippen molar-refractivity contribution >= 4 is 23.6 Å². The van der Waals surface area contributed by atoms with Crippen LogP contribution in [0, 0.1) is 5.82 Å². The number of carbonyl (C=O) groups is 1. The summed E-state index contributed by atoms with van der Waals surface area (Å²) >= 11 is 6.08. The summed E-state index contributed by atoms with van der Waals surface area (Å²) in [5.74, 6) is -0.308. The highest BCUT2D eigenvalue weighted by molar-refractivity contribution is 6.31. The molecule has 2 heterocycles. The fraction of sp³-hybridized carbons (Fsp3) is 0.263. The molecule has 1 fully saturated rings. The number of carbonyl (C=O) groups excluding carboxylic acids is 1. The topological polar surface area (TPSA) is 36.4 Å². The van der Waals surface area contributed by atoms with Crippen molar-refractivity contribution in [3.05, 3.63) is 70.8 Å². The van der Waals surface area contributed by atoms with Crippen LogP contribution in [0.15, 0.2) is 48.8 Å². The lowest BCUT2D eigenvalue weighted by atomic mass is 10.1. The summed E-state index contributed by atoms with van der Waals surface area (Å²) in [5, 5.41) is 0.443. The van der Waals surface area contributed by atoms with Crippen molar-refractivity contribution in [3.63, 3.8) is 0 Å². The molecule has 6 heteroatoms. The van der Waals surface area contributed by atoms with Crippen molar-refractivity contribution in [3.8, 4) is 0 Å².